The van der Waals surface area contributed by atoms with Gasteiger partial charge >= 0.3 is 5.97 Å². The van der Waals surface area contributed by atoms with Gasteiger partial charge in [-0.2, -0.15) is 0 Å². The van der Waals surface area contributed by atoms with E-state index in [9.17, 15) is 4.79 Å². The molecule has 1 saturated carbocycles. The third-order valence-electron chi connectivity index (χ3n) is 3.54. The maximum absolute atomic E-state index is 10.9. The van der Waals surface area contributed by atoms with Crippen LogP contribution in [0.4, 0.5) is 5.69 Å². The molecule has 1 heterocycles. The van der Waals surface area contributed by atoms with Gasteiger partial charge in [-0.05, 0) is 45.6 Å². The predicted molar refractivity (Wildman–Crippen MR) is 77.0 cm³/mol. The molecule has 0 aromatic carbocycles. The molecule has 2 rings (SSSR count). The molecule has 2 N–H and O–H groups in total. The Morgan fingerprint density at radius 2 is 2.05 bits per heavy atom. The molecule has 0 saturated heterocycles. The summed E-state index contributed by atoms with van der Waals surface area (Å²) in [4.78, 5) is 15.1. The number of carboxylic acid groups (broad SMARTS) is 1. The third-order valence-corrected chi connectivity index (χ3v) is 3.54. The minimum Gasteiger partial charge on any atom is -0.481 e. The van der Waals surface area contributed by atoms with Crippen molar-refractivity contribution in [2.24, 2.45) is 5.92 Å². The van der Waals surface area contributed by atoms with Crippen LogP contribution in [-0.2, 0) is 4.79 Å². The largest absolute Gasteiger partial charge is 0.481 e. The van der Waals surface area contributed by atoms with Crippen molar-refractivity contribution in [2.75, 3.05) is 5.32 Å². The van der Waals surface area contributed by atoms with Crippen LogP contribution in [0.25, 0.3) is 0 Å². The van der Waals surface area contributed by atoms with Crippen LogP contribution in [0.15, 0.2) is 18.3 Å². The highest BCUT2D eigenvalue weighted by Gasteiger charge is 2.25. The van der Waals surface area contributed by atoms with Gasteiger partial charge in [0.2, 0.25) is 5.88 Å². The van der Waals surface area contributed by atoms with Crippen molar-refractivity contribution in [1.29, 1.82) is 0 Å². The van der Waals surface area contributed by atoms with Gasteiger partial charge in [0.15, 0.2) is 0 Å². The van der Waals surface area contributed by atoms with Gasteiger partial charge in [-0.15, -0.1) is 0 Å². The van der Waals surface area contributed by atoms with E-state index in [0.717, 1.165) is 31.4 Å². The zero-order valence-electron chi connectivity index (χ0n) is 12.0. The molecule has 1 fully saturated rings. The van der Waals surface area contributed by atoms with Gasteiger partial charge in [0.25, 0.3) is 0 Å². The zero-order valence-corrected chi connectivity index (χ0v) is 12.0. The topological polar surface area (TPSA) is 71.5 Å². The van der Waals surface area contributed by atoms with E-state index in [4.69, 9.17) is 9.84 Å². The molecule has 5 nitrogen and oxygen atoms in total. The van der Waals surface area contributed by atoms with Crippen molar-refractivity contribution in [1.82, 2.24) is 4.98 Å². The maximum atomic E-state index is 10.9. The molecule has 1 aliphatic carbocycles. The summed E-state index contributed by atoms with van der Waals surface area (Å²) in [6, 6.07) is 4.14. The van der Waals surface area contributed by atoms with Gasteiger partial charge in [-0.3, -0.25) is 4.79 Å². The molecular weight excluding hydrogens is 256 g/mol. The Bertz CT molecular complexity index is 437. The number of carboxylic acids is 1. The average Bonchev–Trinajstić information content (AvgIpc) is 2.41. The number of aliphatic carboxylic acids is 1. The lowest BCUT2D eigenvalue weighted by molar-refractivity contribution is -0.142. The van der Waals surface area contributed by atoms with E-state index in [2.05, 4.69) is 10.3 Å². The Hall–Kier alpha value is -1.78. The first-order valence-electron chi connectivity index (χ1n) is 7.16. The first kappa shape index (κ1) is 14.6. The van der Waals surface area contributed by atoms with Gasteiger partial charge in [0, 0.05) is 12.1 Å². The summed E-state index contributed by atoms with van der Waals surface area (Å²) in [6.45, 7) is 3.93. The van der Waals surface area contributed by atoms with E-state index < -0.39 is 5.97 Å². The first-order valence-corrected chi connectivity index (χ1v) is 7.16. The van der Waals surface area contributed by atoms with Crippen LogP contribution in [0.2, 0.25) is 0 Å². The van der Waals surface area contributed by atoms with Gasteiger partial charge in [0.1, 0.15) is 0 Å². The lowest BCUT2D eigenvalue weighted by Crippen LogP contribution is -2.29. The molecule has 110 valence electrons. The highest BCUT2D eigenvalue weighted by atomic mass is 16.5. The molecule has 0 atom stereocenters. The van der Waals surface area contributed by atoms with E-state index in [1.54, 1.807) is 6.20 Å². The molecule has 1 aromatic rings. The van der Waals surface area contributed by atoms with E-state index in [1.165, 1.54) is 0 Å². The van der Waals surface area contributed by atoms with Crippen molar-refractivity contribution in [2.45, 2.75) is 51.7 Å². The number of carbonyl (C=O) groups is 1. The second kappa shape index (κ2) is 6.59. The summed E-state index contributed by atoms with van der Waals surface area (Å²) in [7, 11) is 0. The summed E-state index contributed by atoms with van der Waals surface area (Å²) in [5.74, 6) is -0.214. The van der Waals surface area contributed by atoms with E-state index in [0.29, 0.717) is 11.9 Å². The van der Waals surface area contributed by atoms with Crippen LogP contribution in [0, 0.1) is 5.92 Å². The third kappa shape index (κ3) is 4.11. The van der Waals surface area contributed by atoms with Crippen molar-refractivity contribution in [3.63, 3.8) is 0 Å². The molecule has 5 heteroatoms. The fourth-order valence-electron chi connectivity index (χ4n) is 2.50. The molecule has 1 aliphatic rings. The van der Waals surface area contributed by atoms with E-state index in [-0.39, 0.29) is 12.0 Å². The van der Waals surface area contributed by atoms with E-state index in [1.807, 2.05) is 26.0 Å². The Labute approximate surface area is 119 Å². The molecule has 0 radical (unpaired) electrons. The summed E-state index contributed by atoms with van der Waals surface area (Å²) in [5.41, 5.74) is 0.958. The fraction of sp³-hybridized carbons (Fsp3) is 0.600. The lowest BCUT2D eigenvalue weighted by atomic mass is 9.86. The number of nitrogens with one attached hydrogen (secondary N) is 1. The Morgan fingerprint density at radius 3 is 2.55 bits per heavy atom. The van der Waals surface area contributed by atoms with Crippen LogP contribution >= 0.6 is 0 Å². The normalized spacial score (nSPS) is 22.6. The Kier molecular flexibility index (Phi) is 4.82. The number of ether oxygens (including phenoxy) is 1. The van der Waals surface area contributed by atoms with Crippen molar-refractivity contribution in [3.05, 3.63) is 18.3 Å². The number of nitrogens with zero attached hydrogens (tertiary/aromatic N) is 1. The SMILES string of the molecule is CC(C)Oc1ccc(NC2CCC(C(=O)O)CC2)cn1. The summed E-state index contributed by atoms with van der Waals surface area (Å²) in [5, 5.41) is 12.4. The standard InChI is InChI=1S/C15H22N2O3/c1-10(2)20-14-8-7-13(9-16-14)17-12-5-3-11(4-6-12)15(18)19/h7-12,17H,3-6H2,1-2H3,(H,18,19). The Morgan fingerprint density at radius 1 is 1.35 bits per heavy atom. The van der Waals surface area contributed by atoms with Crippen LogP contribution in [0.5, 0.6) is 5.88 Å². The highest BCUT2D eigenvalue weighted by molar-refractivity contribution is 5.70. The van der Waals surface area contributed by atoms with Gasteiger partial charge in [-0.25, -0.2) is 4.98 Å². The molecule has 0 aliphatic heterocycles. The quantitative estimate of drug-likeness (QED) is 0.866. The second-order valence-electron chi connectivity index (χ2n) is 5.58. The molecule has 20 heavy (non-hydrogen) atoms. The van der Waals surface area contributed by atoms with Crippen LogP contribution in [0.1, 0.15) is 39.5 Å². The minimum absolute atomic E-state index is 0.118. The fourth-order valence-corrected chi connectivity index (χ4v) is 2.50. The number of hydrogen-bond acceptors (Lipinski definition) is 4. The molecule has 0 spiro atoms. The van der Waals surface area contributed by atoms with Crippen LogP contribution < -0.4 is 10.1 Å². The molecule has 1 aromatic heterocycles. The number of aromatic nitrogens is 1. The average molecular weight is 278 g/mol. The number of hydrogen-bond donors (Lipinski definition) is 2. The highest BCUT2D eigenvalue weighted by Crippen LogP contribution is 2.26. The van der Waals surface area contributed by atoms with Crippen LogP contribution in [0.3, 0.4) is 0 Å². The second-order valence-corrected chi connectivity index (χ2v) is 5.58. The summed E-state index contributed by atoms with van der Waals surface area (Å²) < 4.78 is 5.50. The number of anilines is 1. The van der Waals surface area contributed by atoms with Crippen molar-refractivity contribution < 1.29 is 14.6 Å². The van der Waals surface area contributed by atoms with Crippen molar-refractivity contribution in [3.8, 4) is 5.88 Å². The first-order chi connectivity index (χ1) is 9.54. The minimum atomic E-state index is -0.666. The number of rotatable bonds is 5. The molecule has 0 unspecified atom stereocenters. The summed E-state index contributed by atoms with van der Waals surface area (Å²) in [6.07, 6.45) is 5.15. The van der Waals surface area contributed by atoms with Crippen LogP contribution in [-0.4, -0.2) is 28.2 Å². The summed E-state index contributed by atoms with van der Waals surface area (Å²) >= 11 is 0. The van der Waals surface area contributed by atoms with Gasteiger partial charge in [-0.1, -0.05) is 0 Å². The molecule has 0 amide bonds. The molecule has 0 bridgehead atoms. The lowest BCUT2D eigenvalue weighted by Gasteiger charge is -2.27. The van der Waals surface area contributed by atoms with Crippen molar-refractivity contribution >= 4 is 11.7 Å². The van der Waals surface area contributed by atoms with Gasteiger partial charge in [0.05, 0.1) is 23.9 Å². The maximum Gasteiger partial charge on any atom is 0.306 e. The smallest absolute Gasteiger partial charge is 0.306 e. The zero-order chi connectivity index (χ0) is 14.5. The van der Waals surface area contributed by atoms with Gasteiger partial charge < -0.3 is 15.2 Å². The Balaban J connectivity index is 1.83. The predicted octanol–water partition coefficient (Wildman–Crippen LogP) is 2.92. The van der Waals surface area contributed by atoms with E-state index >= 15 is 0 Å². The monoisotopic (exact) mass is 278 g/mol. The number of pyridine rings is 1. The molecular formula is C15H22N2O3.